The number of carbonyl (C=O) groups is 1. The van der Waals surface area contributed by atoms with E-state index in [1.165, 1.54) is 6.07 Å². The van der Waals surface area contributed by atoms with Gasteiger partial charge in [-0.25, -0.2) is 9.37 Å². The number of rotatable bonds is 3. The van der Waals surface area contributed by atoms with Gasteiger partial charge in [-0.1, -0.05) is 12.1 Å². The van der Waals surface area contributed by atoms with Crippen molar-refractivity contribution in [1.29, 1.82) is 0 Å². The van der Waals surface area contributed by atoms with Gasteiger partial charge in [0.05, 0.1) is 11.9 Å². The monoisotopic (exact) mass is 369 g/mol. The van der Waals surface area contributed by atoms with E-state index in [1.54, 1.807) is 24.5 Å². The van der Waals surface area contributed by atoms with E-state index >= 15 is 0 Å². The zero-order valence-electron chi connectivity index (χ0n) is 15.4. The van der Waals surface area contributed by atoms with Crippen molar-refractivity contribution in [1.82, 2.24) is 25.7 Å². The zero-order valence-corrected chi connectivity index (χ0v) is 15.4. The molecule has 2 aliphatic heterocycles. The normalized spacial score (nSPS) is 23.6. The highest BCUT2D eigenvalue weighted by molar-refractivity contribution is 5.92. The van der Waals surface area contributed by atoms with Crippen molar-refractivity contribution in [2.75, 3.05) is 19.6 Å². The molecular weight excluding hydrogens is 345 g/mol. The summed E-state index contributed by atoms with van der Waals surface area (Å²) in [5.41, 5.74) is 8.83. The number of carbonyl (C=O) groups excluding carboxylic acids is 1. The van der Waals surface area contributed by atoms with Crippen molar-refractivity contribution in [3.63, 3.8) is 0 Å². The summed E-state index contributed by atoms with van der Waals surface area (Å²) in [6, 6.07) is 7.10. The molecule has 2 aromatic rings. The number of halogens is 1. The van der Waals surface area contributed by atoms with Gasteiger partial charge in [-0.3, -0.25) is 20.6 Å². The van der Waals surface area contributed by atoms with Crippen LogP contribution in [0.2, 0.25) is 0 Å². The molecule has 0 radical (unpaired) electrons. The molecule has 2 N–H and O–H groups in total. The van der Waals surface area contributed by atoms with E-state index in [2.05, 4.69) is 20.8 Å². The molecular formula is C20H24FN5O. The number of benzene rings is 1. The number of piperidine rings is 1. The molecule has 0 spiro atoms. The summed E-state index contributed by atoms with van der Waals surface area (Å²) in [5.74, 6) is 0.412. The van der Waals surface area contributed by atoms with E-state index in [0.717, 1.165) is 30.6 Å². The van der Waals surface area contributed by atoms with E-state index < -0.39 is 0 Å². The Kier molecular flexibility index (Phi) is 5.13. The zero-order chi connectivity index (χ0) is 18.8. The van der Waals surface area contributed by atoms with Crippen molar-refractivity contribution in [3.8, 4) is 0 Å². The number of nitrogens with one attached hydrogen (secondary N) is 2. The molecule has 3 heterocycles. The molecule has 1 aromatic carbocycles. The van der Waals surface area contributed by atoms with Crippen LogP contribution >= 0.6 is 0 Å². The quantitative estimate of drug-likeness (QED) is 0.866. The van der Waals surface area contributed by atoms with Crippen LogP contribution < -0.4 is 10.9 Å². The number of aryl methyl sites for hydroxylation is 1. The van der Waals surface area contributed by atoms with Crippen molar-refractivity contribution < 1.29 is 9.18 Å². The van der Waals surface area contributed by atoms with Gasteiger partial charge in [0.15, 0.2) is 0 Å². The molecule has 142 valence electrons. The van der Waals surface area contributed by atoms with Crippen LogP contribution in [-0.2, 0) is 0 Å². The largest absolute Gasteiger partial charge is 0.337 e. The lowest BCUT2D eigenvalue weighted by atomic mass is 9.80. The Balaban J connectivity index is 1.40. The molecule has 2 aliphatic rings. The summed E-state index contributed by atoms with van der Waals surface area (Å²) in [4.78, 5) is 22.8. The first-order valence-electron chi connectivity index (χ1n) is 9.43. The van der Waals surface area contributed by atoms with Gasteiger partial charge in [0, 0.05) is 37.8 Å². The SMILES string of the molecule is Cc1cnc(C(=O)N2CCC(C3NNCC3c3cccc(F)c3)CC2)cn1. The highest BCUT2D eigenvalue weighted by atomic mass is 19.1. The summed E-state index contributed by atoms with van der Waals surface area (Å²) < 4.78 is 13.6. The van der Waals surface area contributed by atoms with Crippen molar-refractivity contribution >= 4 is 5.91 Å². The lowest BCUT2D eigenvalue weighted by molar-refractivity contribution is 0.0663. The minimum absolute atomic E-state index is 0.0554. The van der Waals surface area contributed by atoms with Gasteiger partial charge in [-0.15, -0.1) is 0 Å². The summed E-state index contributed by atoms with van der Waals surface area (Å²) in [6.45, 7) is 4.04. The molecule has 2 atom stereocenters. The number of nitrogens with zero attached hydrogens (tertiary/aromatic N) is 3. The molecule has 2 fully saturated rings. The predicted octanol–water partition coefficient (Wildman–Crippen LogP) is 2.04. The minimum atomic E-state index is -0.197. The van der Waals surface area contributed by atoms with Gasteiger partial charge in [0.1, 0.15) is 11.5 Å². The average molecular weight is 369 g/mol. The third-order valence-corrected chi connectivity index (χ3v) is 5.64. The molecule has 0 bridgehead atoms. The van der Waals surface area contributed by atoms with Crippen molar-refractivity contribution in [2.45, 2.75) is 31.7 Å². The molecule has 0 aliphatic carbocycles. The fourth-order valence-electron chi connectivity index (χ4n) is 4.15. The van der Waals surface area contributed by atoms with E-state index in [9.17, 15) is 9.18 Å². The lowest BCUT2D eigenvalue weighted by Crippen LogP contribution is -2.46. The Labute approximate surface area is 158 Å². The fraction of sp³-hybridized carbons (Fsp3) is 0.450. The molecule has 7 heteroatoms. The second kappa shape index (κ2) is 7.70. The van der Waals surface area contributed by atoms with E-state index in [0.29, 0.717) is 24.7 Å². The molecule has 6 nitrogen and oxygen atoms in total. The van der Waals surface area contributed by atoms with Gasteiger partial charge in [0.2, 0.25) is 0 Å². The molecule has 1 aromatic heterocycles. The van der Waals surface area contributed by atoms with Gasteiger partial charge in [0.25, 0.3) is 5.91 Å². The van der Waals surface area contributed by atoms with Crippen LogP contribution in [0.3, 0.4) is 0 Å². The maximum atomic E-state index is 13.6. The molecule has 0 saturated carbocycles. The van der Waals surface area contributed by atoms with Gasteiger partial charge >= 0.3 is 0 Å². The number of likely N-dealkylation sites (tertiary alicyclic amines) is 1. The Bertz CT molecular complexity index is 804. The second-order valence-electron chi connectivity index (χ2n) is 7.39. The Hall–Kier alpha value is -2.38. The van der Waals surface area contributed by atoms with Crippen LogP contribution in [0.5, 0.6) is 0 Å². The number of hydrazine groups is 1. The highest BCUT2D eigenvalue weighted by Crippen LogP contribution is 2.32. The van der Waals surface area contributed by atoms with Crippen LogP contribution in [0.25, 0.3) is 0 Å². The molecule has 1 amide bonds. The first kappa shape index (κ1) is 18.0. The Morgan fingerprint density at radius 3 is 2.74 bits per heavy atom. The third kappa shape index (κ3) is 3.84. The molecule has 27 heavy (non-hydrogen) atoms. The van der Waals surface area contributed by atoms with Gasteiger partial charge in [-0.2, -0.15) is 0 Å². The minimum Gasteiger partial charge on any atom is -0.337 e. The molecule has 2 unspecified atom stereocenters. The van der Waals surface area contributed by atoms with Gasteiger partial charge in [-0.05, 0) is 43.4 Å². The maximum absolute atomic E-state index is 13.6. The lowest BCUT2D eigenvalue weighted by Gasteiger charge is -2.36. The molecule has 2 saturated heterocycles. The van der Waals surface area contributed by atoms with E-state index in [4.69, 9.17) is 0 Å². The van der Waals surface area contributed by atoms with Crippen LogP contribution in [0.4, 0.5) is 4.39 Å². The summed E-state index contributed by atoms with van der Waals surface area (Å²) in [6.07, 6.45) is 5.00. The van der Waals surface area contributed by atoms with E-state index in [-0.39, 0.29) is 23.7 Å². The fourth-order valence-corrected chi connectivity index (χ4v) is 4.15. The van der Waals surface area contributed by atoms with Crippen LogP contribution in [0.1, 0.15) is 40.5 Å². The topological polar surface area (TPSA) is 70.2 Å². The Morgan fingerprint density at radius 1 is 1.22 bits per heavy atom. The maximum Gasteiger partial charge on any atom is 0.274 e. The predicted molar refractivity (Wildman–Crippen MR) is 99.5 cm³/mol. The number of amides is 1. The highest BCUT2D eigenvalue weighted by Gasteiger charge is 2.37. The smallest absolute Gasteiger partial charge is 0.274 e. The van der Waals surface area contributed by atoms with Crippen LogP contribution in [0, 0.1) is 18.7 Å². The first-order chi connectivity index (χ1) is 13.1. The third-order valence-electron chi connectivity index (χ3n) is 5.64. The van der Waals surface area contributed by atoms with E-state index in [1.807, 2.05) is 17.9 Å². The first-order valence-corrected chi connectivity index (χ1v) is 9.43. The average Bonchev–Trinajstić information content (AvgIpc) is 3.18. The van der Waals surface area contributed by atoms with Crippen molar-refractivity contribution in [2.24, 2.45) is 5.92 Å². The van der Waals surface area contributed by atoms with Crippen molar-refractivity contribution in [3.05, 3.63) is 59.4 Å². The van der Waals surface area contributed by atoms with Gasteiger partial charge < -0.3 is 4.90 Å². The number of aromatic nitrogens is 2. The Morgan fingerprint density at radius 2 is 2.04 bits per heavy atom. The summed E-state index contributed by atoms with van der Waals surface area (Å²) in [5, 5.41) is 0. The van der Waals surface area contributed by atoms with Crippen LogP contribution in [-0.4, -0.2) is 46.5 Å². The standard InChI is InChI=1S/C20H24FN5O/c1-13-10-23-18(12-22-13)20(27)26-7-5-14(6-8-26)19-17(11-24-25-19)15-3-2-4-16(21)9-15/h2-4,9-10,12,14,17,19,24-25H,5-8,11H2,1H3. The summed E-state index contributed by atoms with van der Waals surface area (Å²) >= 11 is 0. The number of hydrogen-bond acceptors (Lipinski definition) is 5. The number of hydrogen-bond donors (Lipinski definition) is 2. The van der Waals surface area contributed by atoms with Crippen LogP contribution in [0.15, 0.2) is 36.7 Å². The second-order valence-corrected chi connectivity index (χ2v) is 7.39. The molecule has 4 rings (SSSR count). The summed E-state index contributed by atoms with van der Waals surface area (Å²) in [7, 11) is 0.